The maximum absolute atomic E-state index is 5.75. The van der Waals surface area contributed by atoms with E-state index in [-0.39, 0.29) is 0 Å². The third kappa shape index (κ3) is 3.24. The van der Waals surface area contributed by atoms with Gasteiger partial charge in [-0.2, -0.15) is 0 Å². The Labute approximate surface area is 93.1 Å². The van der Waals surface area contributed by atoms with Gasteiger partial charge in [-0.15, -0.1) is 0 Å². The first-order chi connectivity index (χ1) is 7.25. The predicted octanol–water partition coefficient (Wildman–Crippen LogP) is 2.33. The van der Waals surface area contributed by atoms with Crippen molar-refractivity contribution in [1.29, 1.82) is 0 Å². The van der Waals surface area contributed by atoms with Gasteiger partial charge in [-0.25, -0.2) is 0 Å². The molecule has 0 aliphatic carbocycles. The summed E-state index contributed by atoms with van der Waals surface area (Å²) < 4.78 is 0. The Morgan fingerprint density at radius 1 is 1.07 bits per heavy atom. The summed E-state index contributed by atoms with van der Waals surface area (Å²) in [5.74, 6) is 0. The molecule has 0 spiro atoms. The Balaban J connectivity index is 0.000000531. The predicted molar refractivity (Wildman–Crippen MR) is 67.1 cm³/mol. The van der Waals surface area contributed by atoms with E-state index in [1.807, 2.05) is 19.9 Å². The average Bonchev–Trinajstić information content (AvgIpc) is 2.44. The zero-order valence-corrected chi connectivity index (χ0v) is 10.1. The lowest BCUT2D eigenvalue weighted by molar-refractivity contribution is 0.352. The van der Waals surface area contributed by atoms with Crippen molar-refractivity contribution in [3.8, 4) is 0 Å². The van der Waals surface area contributed by atoms with E-state index in [0.717, 1.165) is 31.6 Å². The highest BCUT2D eigenvalue weighted by atomic mass is 15.1. The average molecular weight is 206 g/mol. The van der Waals surface area contributed by atoms with E-state index >= 15 is 0 Å². The number of hydrogen-bond acceptors (Lipinski definition) is 2. The van der Waals surface area contributed by atoms with Crippen molar-refractivity contribution in [2.75, 3.05) is 25.9 Å². The Bertz CT molecular complexity index is 307. The van der Waals surface area contributed by atoms with Gasteiger partial charge in [0.1, 0.15) is 0 Å². The molecule has 1 aliphatic rings. The van der Waals surface area contributed by atoms with E-state index in [1.165, 1.54) is 11.1 Å². The molecule has 15 heavy (non-hydrogen) atoms. The summed E-state index contributed by atoms with van der Waals surface area (Å²) in [5.41, 5.74) is 9.55. The maximum atomic E-state index is 5.75. The summed E-state index contributed by atoms with van der Waals surface area (Å²) >= 11 is 0. The lowest BCUT2D eigenvalue weighted by atomic mass is 10.0. The number of nitrogen functional groups attached to an aromatic ring is 1. The van der Waals surface area contributed by atoms with Gasteiger partial charge in [0.15, 0.2) is 0 Å². The number of nitrogens with two attached hydrogens (primary N) is 1. The Hall–Kier alpha value is -1.02. The third-order valence-corrected chi connectivity index (χ3v) is 2.76. The molecule has 1 aliphatic heterocycles. The summed E-state index contributed by atoms with van der Waals surface area (Å²) in [6, 6.07) is 6.29. The zero-order chi connectivity index (χ0) is 11.3. The van der Waals surface area contributed by atoms with Gasteiger partial charge in [-0.1, -0.05) is 19.9 Å². The van der Waals surface area contributed by atoms with E-state index in [4.69, 9.17) is 5.73 Å². The van der Waals surface area contributed by atoms with Crippen LogP contribution in [0.1, 0.15) is 25.0 Å². The zero-order valence-electron chi connectivity index (χ0n) is 10.1. The molecule has 0 atom stereocenters. The van der Waals surface area contributed by atoms with E-state index in [2.05, 4.69) is 24.1 Å². The van der Waals surface area contributed by atoms with Crippen molar-refractivity contribution < 1.29 is 0 Å². The van der Waals surface area contributed by atoms with Crippen LogP contribution in [0.15, 0.2) is 18.2 Å². The highest BCUT2D eigenvalue weighted by Gasteiger charge is 2.10. The second kappa shape index (κ2) is 5.76. The van der Waals surface area contributed by atoms with Gasteiger partial charge in [0, 0.05) is 18.8 Å². The summed E-state index contributed by atoms with van der Waals surface area (Å²) in [4.78, 5) is 2.37. The smallest absolute Gasteiger partial charge is 0.0316 e. The fourth-order valence-electron chi connectivity index (χ4n) is 1.86. The SMILES string of the molecule is CC.CN1CCc2ccc(N)cc2CC1. The fraction of sp³-hybridized carbons (Fsp3) is 0.538. The monoisotopic (exact) mass is 206 g/mol. The molecule has 0 bridgehead atoms. The Morgan fingerprint density at radius 3 is 2.33 bits per heavy atom. The lowest BCUT2D eigenvalue weighted by Gasteiger charge is -2.10. The quantitative estimate of drug-likeness (QED) is 0.660. The largest absolute Gasteiger partial charge is 0.399 e. The van der Waals surface area contributed by atoms with Crippen LogP contribution in [-0.4, -0.2) is 25.0 Å². The van der Waals surface area contributed by atoms with Crippen molar-refractivity contribution in [3.05, 3.63) is 29.3 Å². The van der Waals surface area contributed by atoms with Crippen LogP contribution in [0, 0.1) is 0 Å². The normalized spacial score (nSPS) is 15.9. The van der Waals surface area contributed by atoms with Crippen LogP contribution in [0.5, 0.6) is 0 Å². The summed E-state index contributed by atoms with van der Waals surface area (Å²) in [6.07, 6.45) is 2.29. The van der Waals surface area contributed by atoms with Crippen LogP contribution in [-0.2, 0) is 12.8 Å². The molecule has 0 saturated carbocycles. The minimum Gasteiger partial charge on any atom is -0.399 e. The molecule has 0 aromatic heterocycles. The molecule has 1 aromatic rings. The van der Waals surface area contributed by atoms with Gasteiger partial charge >= 0.3 is 0 Å². The minimum atomic E-state index is 0.892. The molecule has 0 saturated heterocycles. The third-order valence-electron chi connectivity index (χ3n) is 2.76. The van der Waals surface area contributed by atoms with Gasteiger partial charge in [-0.3, -0.25) is 0 Å². The van der Waals surface area contributed by atoms with Crippen LogP contribution in [0.2, 0.25) is 0 Å². The second-order valence-electron chi connectivity index (χ2n) is 3.83. The number of likely N-dealkylation sites (N-methyl/N-ethyl adjacent to an activating group) is 1. The lowest BCUT2D eigenvalue weighted by Crippen LogP contribution is -2.20. The summed E-state index contributed by atoms with van der Waals surface area (Å²) in [7, 11) is 2.18. The van der Waals surface area contributed by atoms with Crippen molar-refractivity contribution >= 4 is 5.69 Å². The van der Waals surface area contributed by atoms with Crippen LogP contribution in [0.25, 0.3) is 0 Å². The molecule has 2 nitrogen and oxygen atoms in total. The van der Waals surface area contributed by atoms with Gasteiger partial charge in [0.25, 0.3) is 0 Å². The molecule has 1 heterocycles. The molecule has 0 fully saturated rings. The van der Waals surface area contributed by atoms with Crippen LogP contribution in [0.3, 0.4) is 0 Å². The summed E-state index contributed by atoms with van der Waals surface area (Å²) in [5, 5.41) is 0. The molecule has 0 unspecified atom stereocenters. The maximum Gasteiger partial charge on any atom is 0.0316 e. The van der Waals surface area contributed by atoms with Gasteiger partial charge < -0.3 is 10.6 Å². The topological polar surface area (TPSA) is 29.3 Å². The standard InChI is InChI=1S/C11H16N2.C2H6/c1-13-6-4-9-2-3-11(12)8-10(9)5-7-13;1-2/h2-3,8H,4-7,12H2,1H3;1-2H3. The molecule has 0 radical (unpaired) electrons. The van der Waals surface area contributed by atoms with Crippen molar-refractivity contribution in [2.24, 2.45) is 0 Å². The van der Waals surface area contributed by atoms with Crippen molar-refractivity contribution in [3.63, 3.8) is 0 Å². The van der Waals surface area contributed by atoms with Crippen LogP contribution in [0.4, 0.5) is 5.69 Å². The number of hydrogen-bond donors (Lipinski definition) is 1. The number of fused-ring (bicyclic) bond motifs is 1. The molecule has 84 valence electrons. The Kier molecular flexibility index (Phi) is 4.63. The van der Waals surface area contributed by atoms with Gasteiger partial charge in [0.05, 0.1) is 0 Å². The molecule has 2 N–H and O–H groups in total. The number of anilines is 1. The molecular weight excluding hydrogens is 184 g/mol. The van der Waals surface area contributed by atoms with E-state index in [9.17, 15) is 0 Å². The molecule has 1 aromatic carbocycles. The first-order valence-corrected chi connectivity index (χ1v) is 5.81. The van der Waals surface area contributed by atoms with Crippen LogP contribution < -0.4 is 5.73 Å². The van der Waals surface area contributed by atoms with E-state index in [0.29, 0.717) is 0 Å². The second-order valence-corrected chi connectivity index (χ2v) is 3.83. The highest BCUT2D eigenvalue weighted by Crippen LogP contribution is 2.17. The fourth-order valence-corrected chi connectivity index (χ4v) is 1.86. The minimum absolute atomic E-state index is 0.892. The molecule has 2 rings (SSSR count). The number of benzene rings is 1. The molecule has 2 heteroatoms. The first-order valence-electron chi connectivity index (χ1n) is 5.81. The van der Waals surface area contributed by atoms with E-state index in [1.54, 1.807) is 0 Å². The number of rotatable bonds is 0. The highest BCUT2D eigenvalue weighted by molar-refractivity contribution is 5.45. The van der Waals surface area contributed by atoms with Crippen molar-refractivity contribution in [1.82, 2.24) is 4.90 Å². The molecular formula is C13H22N2. The summed E-state index contributed by atoms with van der Waals surface area (Å²) in [6.45, 7) is 6.31. The van der Waals surface area contributed by atoms with Crippen molar-refractivity contribution in [2.45, 2.75) is 26.7 Å². The van der Waals surface area contributed by atoms with Gasteiger partial charge in [0.2, 0.25) is 0 Å². The van der Waals surface area contributed by atoms with Crippen LogP contribution >= 0.6 is 0 Å². The van der Waals surface area contributed by atoms with Gasteiger partial charge in [-0.05, 0) is 43.1 Å². The van der Waals surface area contributed by atoms with E-state index < -0.39 is 0 Å². The number of nitrogens with zero attached hydrogens (tertiary/aromatic N) is 1. The first kappa shape index (κ1) is 12.1. The molecule has 0 amide bonds. The Morgan fingerprint density at radius 2 is 1.67 bits per heavy atom.